The highest BCUT2D eigenvalue weighted by molar-refractivity contribution is 7.78. The number of primary amides is 1. The highest BCUT2D eigenvalue weighted by Gasteiger charge is 2.17. The van der Waals surface area contributed by atoms with Gasteiger partial charge in [0, 0.05) is 0 Å². The topological polar surface area (TPSA) is 72.6 Å². The van der Waals surface area contributed by atoms with E-state index in [1.54, 1.807) is 6.92 Å². The molecule has 2 amide bonds. The molecule has 0 aliphatic carbocycles. The Balaban J connectivity index is 4.19. The molecule has 0 bridgehead atoms. The third kappa shape index (κ3) is 2.83. The van der Waals surface area contributed by atoms with E-state index in [-0.39, 0.29) is 12.3 Å². The predicted molar refractivity (Wildman–Crippen MR) is 46.2 cm³/mol. The minimum Gasteiger partial charge on any atom is -0.461 e. The largest absolute Gasteiger partial charge is 0.461 e. The van der Waals surface area contributed by atoms with E-state index in [0.717, 1.165) is 0 Å². The Kier molecular flexibility index (Phi) is 4.20. The highest BCUT2D eigenvalue weighted by Crippen LogP contribution is 2.06. The summed E-state index contributed by atoms with van der Waals surface area (Å²) in [5, 5.41) is 0. The van der Waals surface area contributed by atoms with Gasteiger partial charge in [-0.1, -0.05) is 19.4 Å². The Morgan fingerprint density at radius 1 is 1.67 bits per heavy atom. The molecule has 0 saturated heterocycles. The average molecular weight is 190 g/mol. The number of carbonyl (C=O) groups excluding carboxylic acids is 2. The quantitative estimate of drug-likeness (QED) is 0.381. The first-order valence-corrected chi connectivity index (χ1v) is 3.55. The Hall–Kier alpha value is -1.17. The van der Waals surface area contributed by atoms with Crippen molar-refractivity contribution < 1.29 is 14.3 Å². The van der Waals surface area contributed by atoms with Crippen molar-refractivity contribution >= 4 is 24.8 Å². The van der Waals surface area contributed by atoms with Gasteiger partial charge in [-0.2, -0.15) is 0 Å². The third-order valence-electron chi connectivity index (χ3n) is 0.975. The number of amides is 2. The summed E-state index contributed by atoms with van der Waals surface area (Å²) >= 11 is 3.61. The standard InChI is InChI=1S/C6H10N2O3S/c1-3-11-5(9)4(2)8(12)6(7)10/h12H,2-3H2,1H3,(H2,7,10). The number of urea groups is 1. The zero-order valence-electron chi connectivity index (χ0n) is 6.61. The molecule has 0 atom stereocenters. The maximum atomic E-state index is 10.9. The first-order chi connectivity index (χ1) is 5.50. The molecule has 2 N–H and O–H groups in total. The minimum absolute atomic E-state index is 0.201. The smallest absolute Gasteiger partial charge is 0.355 e. The van der Waals surface area contributed by atoms with Gasteiger partial charge in [-0.25, -0.2) is 13.9 Å². The lowest BCUT2D eigenvalue weighted by molar-refractivity contribution is -0.139. The molecule has 0 radical (unpaired) electrons. The molecule has 0 heterocycles. The molecule has 6 heteroatoms. The third-order valence-corrected chi connectivity index (χ3v) is 1.41. The van der Waals surface area contributed by atoms with Crippen LogP contribution in [0, 0.1) is 0 Å². The first-order valence-electron chi connectivity index (χ1n) is 3.15. The molecule has 0 rings (SSSR count). The molecule has 0 spiro atoms. The van der Waals surface area contributed by atoms with Gasteiger partial charge < -0.3 is 10.5 Å². The SMILES string of the molecule is C=C(C(=O)OCC)N(S)C(N)=O. The monoisotopic (exact) mass is 190 g/mol. The number of thiol groups is 1. The summed E-state index contributed by atoms with van der Waals surface area (Å²) in [6.45, 7) is 5.11. The van der Waals surface area contributed by atoms with E-state index in [4.69, 9.17) is 5.73 Å². The van der Waals surface area contributed by atoms with Crippen molar-refractivity contribution in [3.8, 4) is 0 Å². The number of hydrogen-bond donors (Lipinski definition) is 2. The molecule has 0 aliphatic heterocycles. The molecule has 0 aliphatic rings. The maximum Gasteiger partial charge on any atom is 0.355 e. The van der Waals surface area contributed by atoms with Gasteiger partial charge in [-0.3, -0.25) is 0 Å². The van der Waals surface area contributed by atoms with Gasteiger partial charge in [-0.15, -0.1) is 0 Å². The van der Waals surface area contributed by atoms with Crippen molar-refractivity contribution in [1.29, 1.82) is 0 Å². The Bertz CT molecular complexity index is 217. The van der Waals surface area contributed by atoms with Gasteiger partial charge in [0.2, 0.25) is 0 Å². The lowest BCUT2D eigenvalue weighted by atomic mass is 10.5. The molecular weight excluding hydrogens is 180 g/mol. The fourth-order valence-electron chi connectivity index (χ4n) is 0.434. The van der Waals surface area contributed by atoms with Gasteiger partial charge in [0.25, 0.3) is 0 Å². The average Bonchev–Trinajstić information content (AvgIpc) is 2.02. The van der Waals surface area contributed by atoms with Crippen LogP contribution in [0.5, 0.6) is 0 Å². The normalized spacial score (nSPS) is 8.83. The zero-order chi connectivity index (χ0) is 9.72. The van der Waals surface area contributed by atoms with Gasteiger partial charge in [0.05, 0.1) is 6.61 Å². The molecule has 0 saturated carbocycles. The molecule has 0 aromatic carbocycles. The summed E-state index contributed by atoms with van der Waals surface area (Å²) in [7, 11) is 0. The van der Waals surface area contributed by atoms with E-state index in [2.05, 4.69) is 24.1 Å². The van der Waals surface area contributed by atoms with Gasteiger partial charge in [0.1, 0.15) is 5.70 Å². The second-order valence-electron chi connectivity index (χ2n) is 1.82. The molecule has 12 heavy (non-hydrogen) atoms. The number of hydrogen-bond acceptors (Lipinski definition) is 4. The van der Waals surface area contributed by atoms with E-state index < -0.39 is 12.0 Å². The Labute approximate surface area is 75.7 Å². The molecular formula is C6H10N2O3S. The summed E-state index contributed by atoms with van der Waals surface area (Å²) in [6.07, 6.45) is 0. The molecule has 68 valence electrons. The molecule has 0 aromatic heterocycles. The van der Waals surface area contributed by atoms with Crippen LogP contribution in [-0.2, 0) is 9.53 Å². The fourth-order valence-corrected chi connectivity index (χ4v) is 0.516. The van der Waals surface area contributed by atoms with Crippen molar-refractivity contribution in [3.05, 3.63) is 12.3 Å². The van der Waals surface area contributed by atoms with Crippen LogP contribution >= 0.6 is 12.8 Å². The molecule has 0 fully saturated rings. The van der Waals surface area contributed by atoms with Gasteiger partial charge in [-0.05, 0) is 6.92 Å². The van der Waals surface area contributed by atoms with Crippen LogP contribution in [0.2, 0.25) is 0 Å². The van der Waals surface area contributed by atoms with Crippen LogP contribution < -0.4 is 5.73 Å². The van der Waals surface area contributed by atoms with Crippen LogP contribution in [0.3, 0.4) is 0 Å². The van der Waals surface area contributed by atoms with Crippen molar-refractivity contribution in [2.45, 2.75) is 6.92 Å². The lowest BCUT2D eigenvalue weighted by Crippen LogP contribution is -2.30. The summed E-state index contributed by atoms with van der Waals surface area (Å²) in [6, 6.07) is -0.878. The van der Waals surface area contributed by atoms with Gasteiger partial charge in [0.15, 0.2) is 0 Å². The number of ether oxygens (including phenoxy) is 1. The second kappa shape index (κ2) is 4.66. The Morgan fingerprint density at radius 3 is 2.50 bits per heavy atom. The molecule has 5 nitrogen and oxygen atoms in total. The minimum atomic E-state index is -0.878. The van der Waals surface area contributed by atoms with Crippen molar-refractivity contribution in [3.63, 3.8) is 0 Å². The van der Waals surface area contributed by atoms with Crippen LogP contribution in [0.25, 0.3) is 0 Å². The number of esters is 1. The van der Waals surface area contributed by atoms with Gasteiger partial charge >= 0.3 is 12.0 Å². The Morgan fingerprint density at radius 2 is 2.17 bits per heavy atom. The van der Waals surface area contributed by atoms with E-state index in [9.17, 15) is 9.59 Å². The van der Waals surface area contributed by atoms with Crippen molar-refractivity contribution in [2.24, 2.45) is 5.73 Å². The number of nitrogens with zero attached hydrogens (tertiary/aromatic N) is 1. The van der Waals surface area contributed by atoms with E-state index in [1.165, 1.54) is 0 Å². The van der Waals surface area contributed by atoms with Crippen molar-refractivity contribution in [2.75, 3.05) is 6.61 Å². The predicted octanol–water partition coefficient (Wildman–Crippen LogP) is 0.289. The lowest BCUT2D eigenvalue weighted by Gasteiger charge is -2.13. The number of carbonyl (C=O) groups is 2. The van der Waals surface area contributed by atoms with E-state index >= 15 is 0 Å². The summed E-state index contributed by atoms with van der Waals surface area (Å²) in [4.78, 5) is 21.3. The van der Waals surface area contributed by atoms with Crippen molar-refractivity contribution in [1.82, 2.24) is 4.31 Å². The van der Waals surface area contributed by atoms with E-state index in [0.29, 0.717) is 4.31 Å². The summed E-state index contributed by atoms with van der Waals surface area (Å²) < 4.78 is 5.16. The number of nitrogens with two attached hydrogens (primary N) is 1. The summed E-state index contributed by atoms with van der Waals surface area (Å²) in [5.41, 5.74) is 4.61. The second-order valence-corrected chi connectivity index (χ2v) is 2.22. The highest BCUT2D eigenvalue weighted by atomic mass is 32.1. The fraction of sp³-hybridized carbons (Fsp3) is 0.333. The summed E-state index contributed by atoms with van der Waals surface area (Å²) in [5.74, 6) is -0.716. The maximum absolute atomic E-state index is 10.9. The molecule has 0 aromatic rings. The van der Waals surface area contributed by atoms with Crippen LogP contribution in [0.4, 0.5) is 4.79 Å². The molecule has 0 unspecified atom stereocenters. The van der Waals surface area contributed by atoms with Crippen LogP contribution in [-0.4, -0.2) is 22.9 Å². The number of rotatable bonds is 3. The first kappa shape index (κ1) is 10.8. The van der Waals surface area contributed by atoms with Crippen LogP contribution in [0.15, 0.2) is 12.3 Å². The zero-order valence-corrected chi connectivity index (χ0v) is 7.51. The van der Waals surface area contributed by atoms with E-state index in [1.807, 2.05) is 0 Å². The van der Waals surface area contributed by atoms with Crippen LogP contribution in [0.1, 0.15) is 6.92 Å².